The zero-order valence-corrected chi connectivity index (χ0v) is 22.2. The Bertz CT molecular complexity index is 1580. The maximum atomic E-state index is 13.5. The Morgan fingerprint density at radius 3 is 2.67 bits per heavy atom. The summed E-state index contributed by atoms with van der Waals surface area (Å²) in [6.45, 7) is 6.45. The van der Waals surface area contributed by atoms with E-state index in [9.17, 15) is 9.65 Å². The van der Waals surface area contributed by atoms with E-state index in [4.69, 9.17) is 14.2 Å². The number of nitrogens with zero attached hydrogens (tertiary/aromatic N) is 8. The van der Waals surface area contributed by atoms with Gasteiger partial charge in [0.1, 0.15) is 46.6 Å². The first kappa shape index (κ1) is 25.1. The van der Waals surface area contributed by atoms with Crippen molar-refractivity contribution in [3.63, 3.8) is 0 Å². The van der Waals surface area contributed by atoms with Crippen molar-refractivity contribution in [2.75, 3.05) is 39.5 Å². The molecule has 4 aromatic heterocycles. The van der Waals surface area contributed by atoms with Gasteiger partial charge in [0.25, 0.3) is 0 Å². The minimum atomic E-state index is -0.785. The molecule has 1 atom stereocenters. The molecule has 0 bridgehead atoms. The van der Waals surface area contributed by atoms with Crippen LogP contribution in [0.15, 0.2) is 36.8 Å². The molecule has 0 aliphatic carbocycles. The smallest absolute Gasteiger partial charge is 0.147 e. The molecule has 0 unspecified atom stereocenters. The molecule has 0 aromatic carbocycles. The summed E-state index contributed by atoms with van der Waals surface area (Å²) in [4.78, 5) is 6.75. The molecular formula is C28H29FN8O3. The summed E-state index contributed by atoms with van der Waals surface area (Å²) in [5.41, 5.74) is 3.28. The number of pyridine rings is 2. The SMILES string of the molecule is Cc1c(-c2cc(OC[C@@]3(c4ccc(F)cn4)CCO3)c3c(C#N)cnn3c2)nnn1C1CCN(C2COC2)CC1. The molecule has 12 heteroatoms. The van der Waals surface area contributed by atoms with Crippen LogP contribution >= 0.6 is 0 Å². The Hall–Kier alpha value is -3.92. The van der Waals surface area contributed by atoms with E-state index < -0.39 is 11.4 Å². The molecule has 3 aliphatic heterocycles. The Labute approximate surface area is 230 Å². The van der Waals surface area contributed by atoms with Crippen molar-refractivity contribution < 1.29 is 18.6 Å². The number of nitriles is 1. The number of hydrogen-bond acceptors (Lipinski definition) is 9. The molecule has 0 spiro atoms. The molecule has 3 aliphatic rings. The number of aromatic nitrogens is 6. The Kier molecular flexibility index (Phi) is 6.22. The maximum absolute atomic E-state index is 13.5. The van der Waals surface area contributed by atoms with Crippen LogP contribution in [0, 0.1) is 24.1 Å². The average molecular weight is 545 g/mol. The first-order chi connectivity index (χ1) is 19.5. The van der Waals surface area contributed by atoms with Crippen molar-refractivity contribution >= 4 is 5.52 Å². The summed E-state index contributed by atoms with van der Waals surface area (Å²) in [5.74, 6) is 0.0712. The molecule has 0 radical (unpaired) electrons. The predicted octanol–water partition coefficient (Wildman–Crippen LogP) is 3.04. The van der Waals surface area contributed by atoms with Crippen LogP contribution in [0.4, 0.5) is 4.39 Å². The predicted molar refractivity (Wildman–Crippen MR) is 140 cm³/mol. The van der Waals surface area contributed by atoms with Crippen LogP contribution in [-0.2, 0) is 15.1 Å². The van der Waals surface area contributed by atoms with Gasteiger partial charge in [0, 0.05) is 31.3 Å². The molecule has 3 saturated heterocycles. The zero-order chi connectivity index (χ0) is 27.3. The molecule has 0 saturated carbocycles. The third-order valence-corrected chi connectivity index (χ3v) is 8.42. The summed E-state index contributed by atoms with van der Waals surface area (Å²) in [5, 5.41) is 23.2. The fourth-order valence-corrected chi connectivity index (χ4v) is 5.87. The number of halogens is 1. The standard InChI is InChI=1S/C28H29FN8O3/c1-18-26(33-34-37(18)22-4-7-35(8-5-22)23-15-38-16-23)19-10-24(27-20(11-30)12-32-36(27)14-19)39-17-28(6-9-40-28)25-3-2-21(29)13-31-25/h2-3,10,12-14,22-23H,4-9,15-17H2,1H3/t28-/m1/s1. The fraction of sp³-hybridized carbons (Fsp3) is 0.464. The van der Waals surface area contributed by atoms with Gasteiger partial charge in [0.2, 0.25) is 0 Å². The molecule has 11 nitrogen and oxygen atoms in total. The van der Waals surface area contributed by atoms with Gasteiger partial charge in [-0.15, -0.1) is 5.10 Å². The highest BCUT2D eigenvalue weighted by atomic mass is 19.1. The van der Waals surface area contributed by atoms with E-state index >= 15 is 0 Å². The van der Waals surface area contributed by atoms with Gasteiger partial charge in [-0.25, -0.2) is 13.6 Å². The van der Waals surface area contributed by atoms with Crippen LogP contribution in [0.25, 0.3) is 16.8 Å². The highest BCUT2D eigenvalue weighted by molar-refractivity contribution is 5.74. The zero-order valence-electron chi connectivity index (χ0n) is 22.2. The third-order valence-electron chi connectivity index (χ3n) is 8.42. The average Bonchev–Trinajstić information content (AvgIpc) is 3.51. The quantitative estimate of drug-likeness (QED) is 0.346. The van der Waals surface area contributed by atoms with Crippen LogP contribution in [0.5, 0.6) is 5.75 Å². The van der Waals surface area contributed by atoms with Crippen molar-refractivity contribution in [3.05, 3.63) is 59.6 Å². The van der Waals surface area contributed by atoms with Gasteiger partial charge < -0.3 is 14.2 Å². The fourth-order valence-electron chi connectivity index (χ4n) is 5.87. The van der Waals surface area contributed by atoms with Gasteiger partial charge >= 0.3 is 0 Å². The number of likely N-dealkylation sites (tertiary alicyclic amines) is 1. The van der Waals surface area contributed by atoms with Crippen LogP contribution in [0.2, 0.25) is 0 Å². The molecular weight excluding hydrogens is 515 g/mol. The van der Waals surface area contributed by atoms with E-state index in [0.29, 0.717) is 41.6 Å². The van der Waals surface area contributed by atoms with Crippen LogP contribution in [0.3, 0.4) is 0 Å². The van der Waals surface area contributed by atoms with Gasteiger partial charge in [-0.05, 0) is 38.0 Å². The minimum Gasteiger partial charge on any atom is -0.488 e. The van der Waals surface area contributed by atoms with Crippen molar-refractivity contribution in [1.29, 1.82) is 5.26 Å². The molecule has 7 heterocycles. The van der Waals surface area contributed by atoms with Crippen LogP contribution in [-0.4, -0.2) is 80.1 Å². The number of piperidine rings is 1. The number of fused-ring (bicyclic) bond motifs is 1. The summed E-state index contributed by atoms with van der Waals surface area (Å²) in [7, 11) is 0. The van der Waals surface area contributed by atoms with Crippen molar-refractivity contribution in [3.8, 4) is 23.1 Å². The van der Waals surface area contributed by atoms with E-state index in [2.05, 4.69) is 31.4 Å². The molecule has 0 N–H and O–H groups in total. The molecule has 0 amide bonds. The van der Waals surface area contributed by atoms with E-state index in [0.717, 1.165) is 56.1 Å². The number of ether oxygens (including phenoxy) is 3. The third kappa shape index (κ3) is 4.21. The van der Waals surface area contributed by atoms with Crippen LogP contribution in [0.1, 0.15) is 42.3 Å². The second-order valence-electron chi connectivity index (χ2n) is 10.7. The highest BCUT2D eigenvalue weighted by Gasteiger charge is 2.43. The maximum Gasteiger partial charge on any atom is 0.147 e. The second kappa shape index (κ2) is 9.92. The lowest BCUT2D eigenvalue weighted by molar-refractivity contribution is -0.175. The summed E-state index contributed by atoms with van der Waals surface area (Å²) >= 11 is 0. The Morgan fingerprint density at radius 2 is 2.02 bits per heavy atom. The lowest BCUT2D eigenvalue weighted by Crippen LogP contribution is -2.52. The first-order valence-electron chi connectivity index (χ1n) is 13.6. The number of hydrogen-bond donors (Lipinski definition) is 0. The molecule has 206 valence electrons. The van der Waals surface area contributed by atoms with Crippen molar-refractivity contribution in [1.82, 2.24) is 34.5 Å². The van der Waals surface area contributed by atoms with Gasteiger partial charge in [-0.2, -0.15) is 10.4 Å². The number of rotatable bonds is 7. The summed E-state index contributed by atoms with van der Waals surface area (Å²) in [6.07, 6.45) is 7.26. The topological polar surface area (TPSA) is 116 Å². The van der Waals surface area contributed by atoms with E-state index in [1.807, 2.05) is 23.9 Å². The monoisotopic (exact) mass is 544 g/mol. The Balaban J connectivity index is 1.17. The minimum absolute atomic E-state index is 0.150. The largest absolute Gasteiger partial charge is 0.488 e. The molecule has 4 aromatic rings. The van der Waals surface area contributed by atoms with Crippen molar-refractivity contribution in [2.45, 2.75) is 43.9 Å². The highest BCUT2D eigenvalue weighted by Crippen LogP contribution is 2.39. The normalized spacial score (nSPS) is 22.1. The van der Waals surface area contributed by atoms with Gasteiger partial charge in [0.15, 0.2) is 0 Å². The summed E-state index contributed by atoms with van der Waals surface area (Å²) in [6, 6.07) is 7.90. The molecule has 3 fully saturated rings. The van der Waals surface area contributed by atoms with E-state index in [1.165, 1.54) is 18.5 Å². The van der Waals surface area contributed by atoms with Gasteiger partial charge in [-0.1, -0.05) is 5.21 Å². The first-order valence-corrected chi connectivity index (χ1v) is 13.6. The second-order valence-corrected chi connectivity index (χ2v) is 10.7. The van der Waals surface area contributed by atoms with E-state index in [1.54, 1.807) is 10.6 Å². The van der Waals surface area contributed by atoms with Gasteiger partial charge in [-0.3, -0.25) is 9.88 Å². The molecule has 40 heavy (non-hydrogen) atoms. The lowest BCUT2D eigenvalue weighted by atomic mass is 9.91. The molecule has 7 rings (SSSR count). The van der Waals surface area contributed by atoms with Gasteiger partial charge in [0.05, 0.1) is 55.7 Å². The summed E-state index contributed by atoms with van der Waals surface area (Å²) < 4.78 is 34.8. The van der Waals surface area contributed by atoms with E-state index in [-0.39, 0.29) is 12.6 Å². The Morgan fingerprint density at radius 1 is 1.20 bits per heavy atom. The lowest BCUT2D eigenvalue weighted by Gasteiger charge is -2.41. The van der Waals surface area contributed by atoms with Crippen LogP contribution < -0.4 is 4.74 Å². The van der Waals surface area contributed by atoms with Crippen molar-refractivity contribution in [2.24, 2.45) is 0 Å².